The first-order chi connectivity index (χ1) is 19.8. The molecule has 5 N–H and O–H groups in total. The first-order valence-corrected chi connectivity index (χ1v) is 13.7. The predicted molar refractivity (Wildman–Crippen MR) is 157 cm³/mol. The van der Waals surface area contributed by atoms with Crippen molar-refractivity contribution in [3.05, 3.63) is 89.5 Å². The summed E-state index contributed by atoms with van der Waals surface area (Å²) in [5, 5.41) is 17.3. The van der Waals surface area contributed by atoms with Gasteiger partial charge in [0.25, 0.3) is 11.8 Å². The number of fused-ring (bicyclic) bond motifs is 1. The molecule has 0 bridgehead atoms. The molecule has 1 fully saturated rings. The molecular weight excluding hydrogens is 522 g/mol. The number of hydrogen-bond donors (Lipinski definition) is 5. The number of anilines is 1. The van der Waals surface area contributed by atoms with E-state index in [0.717, 1.165) is 60.7 Å². The molecule has 0 radical (unpaired) electrons. The molecule has 3 aromatic rings. The third-order valence-electron chi connectivity index (χ3n) is 7.00. The lowest BCUT2D eigenvalue weighted by atomic mass is 9.98. The Balaban J connectivity index is 1.51. The van der Waals surface area contributed by atoms with Crippen molar-refractivity contribution >= 4 is 40.2 Å². The summed E-state index contributed by atoms with van der Waals surface area (Å²) < 4.78 is 0. The highest BCUT2D eigenvalue weighted by atomic mass is 16.4. The number of carbonyl (C=O) groups is 4. The van der Waals surface area contributed by atoms with Crippen LogP contribution in [-0.2, 0) is 20.8 Å². The molecule has 10 nitrogen and oxygen atoms in total. The fraction of sp³-hybridized carbons (Fsp3) is 0.290. The summed E-state index contributed by atoms with van der Waals surface area (Å²) in [5.74, 6) is -2.74. The number of aliphatic carboxylic acids is 1. The lowest BCUT2D eigenvalue weighted by Gasteiger charge is -2.24. The molecule has 0 aliphatic carbocycles. The number of carbonyl (C=O) groups excluding carboxylic acids is 3. The highest BCUT2D eigenvalue weighted by Gasteiger charge is 2.20. The van der Waals surface area contributed by atoms with Crippen LogP contribution in [0.3, 0.4) is 0 Å². The minimum absolute atomic E-state index is 0.00899. The first-order valence-electron chi connectivity index (χ1n) is 13.7. The third kappa shape index (κ3) is 8.15. The van der Waals surface area contributed by atoms with Crippen molar-refractivity contribution in [2.45, 2.75) is 32.2 Å². The SMILES string of the molecule is CC(NC(=O)c1cc(N2CCCNCC2)ccc1CCC(=O)NNC(=O)/C=C/C(=O)O)c1cccc2ccccc12. The van der Waals surface area contributed by atoms with Gasteiger partial charge in [-0.15, -0.1) is 0 Å². The average Bonchev–Trinajstić information content (AvgIpc) is 3.27. The molecule has 3 amide bonds. The maximum absolute atomic E-state index is 13.7. The van der Waals surface area contributed by atoms with Gasteiger partial charge in [0, 0.05) is 49.5 Å². The van der Waals surface area contributed by atoms with Gasteiger partial charge in [0.05, 0.1) is 6.04 Å². The number of nitrogens with one attached hydrogen (secondary N) is 4. The van der Waals surface area contributed by atoms with Crippen molar-refractivity contribution in [1.29, 1.82) is 0 Å². The van der Waals surface area contributed by atoms with E-state index in [0.29, 0.717) is 17.2 Å². The van der Waals surface area contributed by atoms with Gasteiger partial charge in [0.2, 0.25) is 5.91 Å². The normalized spacial score (nSPS) is 14.3. The minimum atomic E-state index is -1.27. The lowest BCUT2D eigenvalue weighted by Crippen LogP contribution is -2.41. The molecule has 10 heteroatoms. The average molecular weight is 558 g/mol. The van der Waals surface area contributed by atoms with Crippen LogP contribution in [0.15, 0.2) is 72.8 Å². The Morgan fingerprint density at radius 3 is 2.61 bits per heavy atom. The number of aryl methyl sites for hydroxylation is 1. The van der Waals surface area contributed by atoms with Gasteiger partial charge in [-0.3, -0.25) is 25.2 Å². The molecule has 1 saturated heterocycles. The van der Waals surface area contributed by atoms with Gasteiger partial charge >= 0.3 is 5.97 Å². The molecule has 1 aliphatic heterocycles. The molecule has 4 rings (SSSR count). The van der Waals surface area contributed by atoms with Gasteiger partial charge in [0.15, 0.2) is 0 Å². The Hall–Kier alpha value is -4.70. The summed E-state index contributed by atoms with van der Waals surface area (Å²) in [6.07, 6.45) is 2.75. The summed E-state index contributed by atoms with van der Waals surface area (Å²) in [6, 6.07) is 19.6. The fourth-order valence-electron chi connectivity index (χ4n) is 4.91. The first kappa shape index (κ1) is 29.3. The third-order valence-corrected chi connectivity index (χ3v) is 7.00. The number of amides is 3. The van der Waals surface area contributed by atoms with Gasteiger partial charge in [0.1, 0.15) is 0 Å². The zero-order chi connectivity index (χ0) is 29.2. The number of hydrazine groups is 1. The van der Waals surface area contributed by atoms with E-state index in [1.807, 2.05) is 67.6 Å². The summed E-state index contributed by atoms with van der Waals surface area (Å²) in [4.78, 5) is 50.6. The summed E-state index contributed by atoms with van der Waals surface area (Å²) in [6.45, 7) is 5.46. The van der Waals surface area contributed by atoms with E-state index >= 15 is 0 Å². The van der Waals surface area contributed by atoms with Crippen LogP contribution in [0.5, 0.6) is 0 Å². The maximum atomic E-state index is 13.7. The van der Waals surface area contributed by atoms with Crippen LogP contribution in [0, 0.1) is 0 Å². The predicted octanol–water partition coefficient (Wildman–Crippen LogP) is 2.85. The van der Waals surface area contributed by atoms with E-state index in [-0.39, 0.29) is 24.8 Å². The number of carboxylic acid groups (broad SMARTS) is 1. The van der Waals surface area contributed by atoms with Gasteiger partial charge < -0.3 is 20.6 Å². The van der Waals surface area contributed by atoms with Crippen LogP contribution in [0.1, 0.15) is 47.3 Å². The molecule has 214 valence electrons. The highest BCUT2D eigenvalue weighted by molar-refractivity contribution is 5.98. The molecule has 0 saturated carbocycles. The van der Waals surface area contributed by atoms with E-state index in [1.165, 1.54) is 0 Å². The molecule has 1 atom stereocenters. The van der Waals surface area contributed by atoms with Crippen molar-refractivity contribution in [3.63, 3.8) is 0 Å². The van der Waals surface area contributed by atoms with E-state index in [9.17, 15) is 19.2 Å². The highest BCUT2D eigenvalue weighted by Crippen LogP contribution is 2.26. The van der Waals surface area contributed by atoms with Crippen LogP contribution in [0.4, 0.5) is 5.69 Å². The molecule has 1 heterocycles. The molecule has 1 aliphatic rings. The zero-order valence-electron chi connectivity index (χ0n) is 23.0. The van der Waals surface area contributed by atoms with Crippen molar-refractivity contribution < 1.29 is 24.3 Å². The summed E-state index contributed by atoms with van der Waals surface area (Å²) >= 11 is 0. The second kappa shape index (κ2) is 14.1. The second-order valence-corrected chi connectivity index (χ2v) is 9.90. The Morgan fingerprint density at radius 1 is 0.976 bits per heavy atom. The number of hydrogen-bond acceptors (Lipinski definition) is 6. The smallest absolute Gasteiger partial charge is 0.328 e. The molecule has 0 aromatic heterocycles. The van der Waals surface area contributed by atoms with Gasteiger partial charge in [-0.2, -0.15) is 0 Å². The zero-order valence-corrected chi connectivity index (χ0v) is 23.0. The number of carboxylic acids is 1. The van der Waals surface area contributed by atoms with E-state index in [1.54, 1.807) is 0 Å². The fourth-order valence-corrected chi connectivity index (χ4v) is 4.91. The number of nitrogens with zero attached hydrogens (tertiary/aromatic N) is 1. The van der Waals surface area contributed by atoms with Gasteiger partial charge in [-0.1, -0.05) is 48.5 Å². The quantitative estimate of drug-likeness (QED) is 0.201. The topological polar surface area (TPSA) is 140 Å². The van der Waals surface area contributed by atoms with E-state index < -0.39 is 17.8 Å². The second-order valence-electron chi connectivity index (χ2n) is 9.90. The Kier molecular flexibility index (Phi) is 10.1. The van der Waals surface area contributed by atoms with Gasteiger partial charge in [-0.05, 0) is 60.3 Å². The van der Waals surface area contributed by atoms with Crippen molar-refractivity contribution in [2.75, 3.05) is 31.1 Å². The van der Waals surface area contributed by atoms with Crippen molar-refractivity contribution in [1.82, 2.24) is 21.5 Å². The van der Waals surface area contributed by atoms with Gasteiger partial charge in [-0.25, -0.2) is 4.79 Å². The monoisotopic (exact) mass is 557 g/mol. The van der Waals surface area contributed by atoms with E-state index in [4.69, 9.17) is 5.11 Å². The molecular formula is C31H35N5O5. The van der Waals surface area contributed by atoms with Crippen LogP contribution in [0.2, 0.25) is 0 Å². The standard InChI is InChI=1S/C31H35N5O5/c1-21(25-9-4-7-22-6-2-3-8-26(22)25)33-31(41)27-20-24(36-18-5-16-32-17-19-36)12-10-23(27)11-13-28(37)34-35-29(38)14-15-30(39)40/h2-4,6-10,12,14-15,20-21,32H,5,11,13,16-19H2,1H3,(H,33,41)(H,34,37)(H,35,38)(H,39,40)/b15-14+. The maximum Gasteiger partial charge on any atom is 0.328 e. The molecule has 0 spiro atoms. The Bertz CT molecular complexity index is 1440. The molecule has 3 aromatic carbocycles. The molecule has 1 unspecified atom stereocenters. The van der Waals surface area contributed by atoms with Crippen molar-refractivity contribution in [3.8, 4) is 0 Å². The Morgan fingerprint density at radius 2 is 1.78 bits per heavy atom. The number of rotatable bonds is 9. The number of benzene rings is 3. The summed E-state index contributed by atoms with van der Waals surface area (Å²) in [7, 11) is 0. The van der Waals surface area contributed by atoms with E-state index in [2.05, 4.69) is 26.4 Å². The largest absolute Gasteiger partial charge is 0.478 e. The molecule has 41 heavy (non-hydrogen) atoms. The van der Waals surface area contributed by atoms with Crippen LogP contribution < -0.4 is 26.4 Å². The van der Waals surface area contributed by atoms with Crippen LogP contribution in [-0.4, -0.2) is 55.0 Å². The van der Waals surface area contributed by atoms with Crippen LogP contribution in [0.25, 0.3) is 10.8 Å². The van der Waals surface area contributed by atoms with Crippen molar-refractivity contribution in [2.24, 2.45) is 0 Å². The summed E-state index contributed by atoms with van der Waals surface area (Å²) in [5.41, 5.74) is 7.57. The Labute approximate surface area is 238 Å². The van der Waals surface area contributed by atoms with Crippen LogP contribution >= 0.6 is 0 Å². The minimum Gasteiger partial charge on any atom is -0.478 e. The lowest BCUT2D eigenvalue weighted by molar-refractivity contribution is -0.131.